The fraction of sp³-hybridized carbons (Fsp3) is 0.647. The monoisotopic (exact) mass is 353 g/mol. The van der Waals surface area contributed by atoms with E-state index in [1.54, 1.807) is 0 Å². The van der Waals surface area contributed by atoms with Gasteiger partial charge in [0.15, 0.2) is 0 Å². The summed E-state index contributed by atoms with van der Waals surface area (Å²) in [7, 11) is 1.35. The second-order valence-electron chi connectivity index (χ2n) is 6.45. The van der Waals surface area contributed by atoms with Crippen LogP contribution in [0.5, 0.6) is 0 Å². The van der Waals surface area contributed by atoms with Crippen molar-refractivity contribution >= 4 is 28.9 Å². The number of rotatable bonds is 5. The number of aryl methyl sites for hydroxylation is 1. The van der Waals surface area contributed by atoms with Crippen LogP contribution < -0.4 is 5.32 Å². The summed E-state index contributed by atoms with van der Waals surface area (Å²) in [4.78, 5) is 29.5. The third kappa shape index (κ3) is 4.15. The zero-order valence-corrected chi connectivity index (χ0v) is 15.9. The Morgan fingerprint density at radius 2 is 1.75 bits per heavy atom. The second-order valence-corrected chi connectivity index (χ2v) is 7.32. The van der Waals surface area contributed by atoms with E-state index in [9.17, 15) is 9.59 Å². The highest BCUT2D eigenvalue weighted by Crippen LogP contribution is 2.28. The third-order valence-electron chi connectivity index (χ3n) is 4.60. The number of nitrogens with zero attached hydrogens (tertiary/aromatic N) is 2. The topological polar surface area (TPSA) is 61.9 Å². The normalized spacial score (nSPS) is 17.8. The molecule has 2 rings (SSSR count). The molecule has 1 aliphatic heterocycles. The molecule has 0 aromatic carbocycles. The Kier molecular flexibility index (Phi) is 6.37. The number of ether oxygens (including phenoxy) is 1. The van der Waals surface area contributed by atoms with Crippen LogP contribution in [0.3, 0.4) is 0 Å². The molecule has 1 amide bonds. The van der Waals surface area contributed by atoms with E-state index in [4.69, 9.17) is 4.74 Å². The standard InChI is InChI=1S/C17H27N3O3S/c1-11(2)19-6-8-20(9-7-19)13(4)16(21)18-14-12(3)10-24-15(14)17(22)23-5/h10-11,13H,6-9H2,1-5H3,(H,18,21). The Hall–Kier alpha value is -1.44. The van der Waals surface area contributed by atoms with Crippen LogP contribution in [0.2, 0.25) is 0 Å². The number of carbonyl (C=O) groups excluding carboxylic acids is 2. The van der Waals surface area contributed by atoms with Crippen LogP contribution in [0.4, 0.5) is 5.69 Å². The SMILES string of the molecule is COC(=O)c1scc(C)c1NC(=O)C(C)N1CCN(C(C)C)CC1. The van der Waals surface area contributed by atoms with Gasteiger partial charge in [-0.25, -0.2) is 4.79 Å². The van der Waals surface area contributed by atoms with E-state index in [2.05, 4.69) is 29.0 Å². The summed E-state index contributed by atoms with van der Waals surface area (Å²) in [5.41, 5.74) is 1.45. The number of nitrogens with one attached hydrogen (secondary N) is 1. The number of hydrogen-bond donors (Lipinski definition) is 1. The van der Waals surface area contributed by atoms with E-state index in [0.29, 0.717) is 16.6 Å². The predicted molar refractivity (Wildman–Crippen MR) is 96.8 cm³/mol. The Labute approximate surface area is 147 Å². The quantitative estimate of drug-likeness (QED) is 0.822. The minimum atomic E-state index is -0.415. The summed E-state index contributed by atoms with van der Waals surface area (Å²) >= 11 is 1.29. The molecule has 24 heavy (non-hydrogen) atoms. The van der Waals surface area contributed by atoms with Gasteiger partial charge < -0.3 is 10.1 Å². The largest absolute Gasteiger partial charge is 0.465 e. The van der Waals surface area contributed by atoms with Gasteiger partial charge in [-0.15, -0.1) is 11.3 Å². The zero-order chi connectivity index (χ0) is 17.9. The van der Waals surface area contributed by atoms with Crippen molar-refractivity contribution in [2.45, 2.75) is 39.8 Å². The van der Waals surface area contributed by atoms with E-state index >= 15 is 0 Å². The van der Waals surface area contributed by atoms with Crippen LogP contribution in [-0.4, -0.2) is 67.0 Å². The van der Waals surface area contributed by atoms with Gasteiger partial charge in [0, 0.05) is 32.2 Å². The summed E-state index contributed by atoms with van der Waals surface area (Å²) in [5.74, 6) is -0.499. The maximum atomic E-state index is 12.6. The number of hydrogen-bond acceptors (Lipinski definition) is 6. The molecule has 1 N–H and O–H groups in total. The van der Waals surface area contributed by atoms with Gasteiger partial charge in [0.25, 0.3) is 0 Å². The van der Waals surface area contributed by atoms with Gasteiger partial charge in [-0.1, -0.05) is 0 Å². The molecule has 7 heteroatoms. The van der Waals surface area contributed by atoms with Gasteiger partial charge in [0.1, 0.15) is 4.88 Å². The van der Waals surface area contributed by atoms with Crippen LogP contribution in [0, 0.1) is 6.92 Å². The number of piperazine rings is 1. The Balaban J connectivity index is 2.00. The summed E-state index contributed by atoms with van der Waals surface area (Å²) in [6.45, 7) is 11.9. The first-order valence-corrected chi connectivity index (χ1v) is 9.18. The highest BCUT2D eigenvalue weighted by Gasteiger charge is 2.28. The number of anilines is 1. The molecule has 134 valence electrons. The van der Waals surface area contributed by atoms with Gasteiger partial charge in [0.05, 0.1) is 18.8 Å². The molecule has 1 aromatic heterocycles. The number of amides is 1. The average molecular weight is 353 g/mol. The first-order valence-electron chi connectivity index (χ1n) is 8.30. The molecule has 0 aliphatic carbocycles. The molecule has 1 atom stereocenters. The third-order valence-corrected chi connectivity index (χ3v) is 5.68. The lowest BCUT2D eigenvalue weighted by atomic mass is 10.2. The van der Waals surface area contributed by atoms with Gasteiger partial charge in [0.2, 0.25) is 5.91 Å². The molecule has 0 bridgehead atoms. The van der Waals surface area contributed by atoms with E-state index in [1.165, 1.54) is 18.4 Å². The molecule has 0 saturated carbocycles. The number of thiophene rings is 1. The Bertz CT molecular complexity index is 592. The lowest BCUT2D eigenvalue weighted by molar-refractivity contribution is -0.121. The minimum Gasteiger partial charge on any atom is -0.465 e. The average Bonchev–Trinajstić information content (AvgIpc) is 2.94. The molecule has 1 aliphatic rings. The highest BCUT2D eigenvalue weighted by atomic mass is 32.1. The molecule has 0 radical (unpaired) electrons. The van der Waals surface area contributed by atoms with Crippen LogP contribution in [-0.2, 0) is 9.53 Å². The molecule has 1 aromatic rings. The summed E-state index contributed by atoms with van der Waals surface area (Å²) in [6, 6.07) is 0.302. The maximum absolute atomic E-state index is 12.6. The van der Waals surface area contributed by atoms with Gasteiger partial charge in [-0.2, -0.15) is 0 Å². The fourth-order valence-corrected chi connectivity index (χ4v) is 3.80. The van der Waals surface area contributed by atoms with E-state index < -0.39 is 5.97 Å². The van der Waals surface area contributed by atoms with Gasteiger partial charge in [-0.05, 0) is 38.6 Å². The maximum Gasteiger partial charge on any atom is 0.350 e. The van der Waals surface area contributed by atoms with Crippen molar-refractivity contribution in [2.75, 3.05) is 38.6 Å². The molecule has 1 unspecified atom stereocenters. The van der Waals surface area contributed by atoms with Crippen LogP contribution >= 0.6 is 11.3 Å². The number of carbonyl (C=O) groups is 2. The fourth-order valence-electron chi connectivity index (χ4n) is 2.88. The van der Waals surface area contributed by atoms with Crippen molar-refractivity contribution in [3.8, 4) is 0 Å². The smallest absolute Gasteiger partial charge is 0.350 e. The van der Waals surface area contributed by atoms with Crippen molar-refractivity contribution in [1.29, 1.82) is 0 Å². The minimum absolute atomic E-state index is 0.0837. The molecule has 0 spiro atoms. The molecule has 2 heterocycles. The second kappa shape index (κ2) is 8.09. The first kappa shape index (κ1) is 18.9. The molecule has 1 saturated heterocycles. The molecular weight excluding hydrogens is 326 g/mol. The van der Waals surface area contributed by atoms with Crippen molar-refractivity contribution in [1.82, 2.24) is 9.80 Å². The molecular formula is C17H27N3O3S. The van der Waals surface area contributed by atoms with Crippen LogP contribution in [0.15, 0.2) is 5.38 Å². The van der Waals surface area contributed by atoms with Crippen molar-refractivity contribution in [2.24, 2.45) is 0 Å². The lowest BCUT2D eigenvalue weighted by Gasteiger charge is -2.39. The van der Waals surface area contributed by atoms with Gasteiger partial charge >= 0.3 is 5.97 Å². The van der Waals surface area contributed by atoms with E-state index in [0.717, 1.165) is 31.7 Å². The summed E-state index contributed by atoms with van der Waals surface area (Å²) in [6.07, 6.45) is 0. The van der Waals surface area contributed by atoms with Crippen LogP contribution in [0.1, 0.15) is 36.0 Å². The molecule has 6 nitrogen and oxygen atoms in total. The summed E-state index contributed by atoms with van der Waals surface area (Å²) < 4.78 is 4.79. The Morgan fingerprint density at radius 1 is 1.17 bits per heavy atom. The van der Waals surface area contributed by atoms with E-state index in [-0.39, 0.29) is 11.9 Å². The predicted octanol–water partition coefficient (Wildman–Crippen LogP) is 2.20. The zero-order valence-electron chi connectivity index (χ0n) is 15.1. The molecule has 1 fully saturated rings. The highest BCUT2D eigenvalue weighted by molar-refractivity contribution is 7.12. The lowest BCUT2D eigenvalue weighted by Crippen LogP contribution is -2.54. The Morgan fingerprint density at radius 3 is 2.29 bits per heavy atom. The summed E-state index contributed by atoms with van der Waals surface area (Å²) in [5, 5.41) is 4.78. The van der Waals surface area contributed by atoms with Crippen molar-refractivity contribution in [3.63, 3.8) is 0 Å². The van der Waals surface area contributed by atoms with Crippen molar-refractivity contribution < 1.29 is 14.3 Å². The first-order chi connectivity index (χ1) is 11.3. The number of methoxy groups -OCH3 is 1. The van der Waals surface area contributed by atoms with Crippen molar-refractivity contribution in [3.05, 3.63) is 15.8 Å². The van der Waals surface area contributed by atoms with Crippen LogP contribution in [0.25, 0.3) is 0 Å². The number of esters is 1. The van der Waals surface area contributed by atoms with Gasteiger partial charge in [-0.3, -0.25) is 14.6 Å². The van der Waals surface area contributed by atoms with E-state index in [1.807, 2.05) is 19.2 Å².